The van der Waals surface area contributed by atoms with Crippen LogP contribution in [0.4, 0.5) is 26.3 Å². The van der Waals surface area contributed by atoms with Crippen LogP contribution >= 0.6 is 11.9 Å². The van der Waals surface area contributed by atoms with Gasteiger partial charge in [-0.25, -0.2) is 26.3 Å². The second-order valence-electron chi connectivity index (χ2n) is 7.86. The normalized spacial score (nSPS) is 22.5. The average Bonchev–Trinajstić information content (AvgIpc) is 2.75. The third kappa shape index (κ3) is 4.65. The fourth-order valence-corrected chi connectivity index (χ4v) is 4.91. The van der Waals surface area contributed by atoms with Gasteiger partial charge in [0.25, 0.3) is 5.92 Å². The van der Waals surface area contributed by atoms with Gasteiger partial charge in [-0.15, -0.1) is 0 Å². The molecule has 4 nitrogen and oxygen atoms in total. The Balaban J connectivity index is 1.84. The summed E-state index contributed by atoms with van der Waals surface area (Å²) in [6.07, 6.45) is -1.23. The van der Waals surface area contributed by atoms with Crippen molar-refractivity contribution in [2.75, 3.05) is 19.2 Å². The molecule has 4 rings (SSSR count). The van der Waals surface area contributed by atoms with E-state index in [9.17, 15) is 26.7 Å². The summed E-state index contributed by atoms with van der Waals surface area (Å²) in [6, 6.07) is 1.80. The molecule has 2 aromatic rings. The van der Waals surface area contributed by atoms with Gasteiger partial charge in [0.05, 0.1) is 19.1 Å². The number of carbonyl (C=O) groups excluding carboxylic acids is 1. The Kier molecular flexibility index (Phi) is 6.81. The highest BCUT2D eigenvalue weighted by atomic mass is 32.2. The van der Waals surface area contributed by atoms with Crippen LogP contribution in [-0.2, 0) is 11.2 Å². The maximum atomic E-state index is 15.5. The molecule has 2 aliphatic rings. The number of amides is 1. The van der Waals surface area contributed by atoms with Crippen LogP contribution < -0.4 is 9.46 Å². The topological polar surface area (TPSA) is 41.6 Å². The molecule has 0 aliphatic carbocycles. The van der Waals surface area contributed by atoms with Crippen molar-refractivity contribution in [3.05, 3.63) is 53.3 Å². The molecule has 33 heavy (non-hydrogen) atoms. The standard InChI is InChI=1S/C22H20F6N2O2S/c23-11-33-29-21-17-8-12-2-1-3-14(19(12)26)15-9-13(24)10-16(25)20(15)32-7-4-18(31)30(17)6-5-22(21,27)28/h1-3,9-10,17,21,29H,4-8,11H2. The van der Waals surface area contributed by atoms with E-state index in [1.54, 1.807) is 0 Å². The molecule has 2 heterocycles. The highest BCUT2D eigenvalue weighted by Gasteiger charge is 2.51. The van der Waals surface area contributed by atoms with Gasteiger partial charge in [-0.3, -0.25) is 9.52 Å². The lowest BCUT2D eigenvalue weighted by atomic mass is 9.87. The van der Waals surface area contributed by atoms with E-state index in [2.05, 4.69) is 4.72 Å². The quantitative estimate of drug-likeness (QED) is 0.493. The average molecular weight is 490 g/mol. The maximum Gasteiger partial charge on any atom is 0.267 e. The highest BCUT2D eigenvalue weighted by Crippen LogP contribution is 2.39. The fourth-order valence-electron chi connectivity index (χ4n) is 4.34. The minimum absolute atomic E-state index is 0.0266. The molecule has 0 radical (unpaired) electrons. The number of hydrogen-bond donors (Lipinski definition) is 1. The number of benzene rings is 2. The van der Waals surface area contributed by atoms with E-state index >= 15 is 4.39 Å². The summed E-state index contributed by atoms with van der Waals surface area (Å²) >= 11 is 0.439. The molecule has 1 fully saturated rings. The van der Waals surface area contributed by atoms with E-state index in [1.165, 1.54) is 23.1 Å². The first-order chi connectivity index (χ1) is 15.7. The smallest absolute Gasteiger partial charge is 0.267 e. The van der Waals surface area contributed by atoms with Crippen molar-refractivity contribution in [2.45, 2.75) is 37.3 Å². The third-order valence-electron chi connectivity index (χ3n) is 5.88. The van der Waals surface area contributed by atoms with E-state index in [0.717, 1.165) is 6.07 Å². The predicted molar refractivity (Wildman–Crippen MR) is 111 cm³/mol. The number of nitrogens with zero attached hydrogens (tertiary/aromatic N) is 1. The lowest BCUT2D eigenvalue weighted by Crippen LogP contribution is -2.64. The van der Waals surface area contributed by atoms with Crippen LogP contribution in [0.1, 0.15) is 18.4 Å². The summed E-state index contributed by atoms with van der Waals surface area (Å²) in [6.45, 7) is -0.612. The predicted octanol–water partition coefficient (Wildman–Crippen LogP) is 4.87. The highest BCUT2D eigenvalue weighted by molar-refractivity contribution is 7.97. The van der Waals surface area contributed by atoms with Gasteiger partial charge in [-0.1, -0.05) is 18.2 Å². The molecule has 2 aliphatic heterocycles. The van der Waals surface area contributed by atoms with Gasteiger partial charge in [-0.05, 0) is 30.0 Å². The van der Waals surface area contributed by atoms with E-state index in [1.807, 2.05) is 0 Å². The number of alkyl halides is 3. The molecule has 1 amide bonds. The minimum atomic E-state index is -3.27. The first-order valence-corrected chi connectivity index (χ1v) is 11.2. The molecule has 178 valence electrons. The SMILES string of the molecule is O=C1CCOc2c(F)cc(F)cc2-c2cccc(c2F)CC2C(NSCF)C(F)(F)CCN12. The van der Waals surface area contributed by atoms with E-state index in [-0.39, 0.29) is 42.7 Å². The number of ether oxygens (including phenoxy) is 1. The van der Waals surface area contributed by atoms with Crippen LogP contribution in [-0.4, -0.2) is 48.0 Å². The van der Waals surface area contributed by atoms with Crippen LogP contribution in [0.2, 0.25) is 0 Å². The molecular formula is C22H20F6N2O2S. The van der Waals surface area contributed by atoms with E-state index < -0.39 is 59.5 Å². The molecule has 11 heteroatoms. The van der Waals surface area contributed by atoms with Crippen molar-refractivity contribution in [3.8, 4) is 16.9 Å². The van der Waals surface area contributed by atoms with Gasteiger partial charge >= 0.3 is 0 Å². The zero-order valence-electron chi connectivity index (χ0n) is 17.2. The summed E-state index contributed by atoms with van der Waals surface area (Å²) in [5.74, 6) is -7.10. The van der Waals surface area contributed by atoms with Crippen LogP contribution in [0.15, 0.2) is 30.3 Å². The molecule has 0 saturated carbocycles. The molecule has 0 aromatic heterocycles. The molecule has 2 atom stereocenters. The van der Waals surface area contributed by atoms with Gasteiger partial charge in [-0.2, -0.15) is 0 Å². The second-order valence-corrected chi connectivity index (χ2v) is 8.60. The van der Waals surface area contributed by atoms with Gasteiger partial charge in [0, 0.05) is 30.2 Å². The minimum Gasteiger partial charge on any atom is -0.489 e. The third-order valence-corrected chi connectivity index (χ3v) is 6.41. The lowest BCUT2D eigenvalue weighted by molar-refractivity contribution is -0.148. The largest absolute Gasteiger partial charge is 0.489 e. The fraction of sp³-hybridized carbons (Fsp3) is 0.409. The Morgan fingerprint density at radius 3 is 2.73 bits per heavy atom. The number of hydrogen-bond acceptors (Lipinski definition) is 4. The van der Waals surface area contributed by atoms with Crippen LogP contribution in [0.3, 0.4) is 0 Å². The van der Waals surface area contributed by atoms with Crippen molar-refractivity contribution in [1.82, 2.24) is 9.62 Å². The summed E-state index contributed by atoms with van der Waals surface area (Å²) in [5, 5.41) is 0. The van der Waals surface area contributed by atoms with Crippen molar-refractivity contribution in [2.24, 2.45) is 0 Å². The summed E-state index contributed by atoms with van der Waals surface area (Å²) in [7, 11) is 0. The number of nitrogens with one attached hydrogen (secondary N) is 1. The zero-order valence-corrected chi connectivity index (χ0v) is 18.0. The Morgan fingerprint density at radius 1 is 1.18 bits per heavy atom. The number of rotatable bonds is 3. The van der Waals surface area contributed by atoms with Crippen LogP contribution in [0, 0.1) is 17.5 Å². The summed E-state index contributed by atoms with van der Waals surface area (Å²) in [4.78, 5) is 14.1. The van der Waals surface area contributed by atoms with E-state index in [0.29, 0.717) is 18.0 Å². The second kappa shape index (κ2) is 9.46. The number of fused-ring (bicyclic) bond motifs is 5. The molecule has 2 bridgehead atoms. The first kappa shape index (κ1) is 23.7. The summed E-state index contributed by atoms with van der Waals surface area (Å²) < 4.78 is 94.0. The Labute approximate surface area is 190 Å². The first-order valence-electron chi connectivity index (χ1n) is 10.2. The molecule has 1 saturated heterocycles. The van der Waals surface area contributed by atoms with Crippen molar-refractivity contribution in [1.29, 1.82) is 0 Å². The van der Waals surface area contributed by atoms with Crippen molar-refractivity contribution < 1.29 is 35.9 Å². The van der Waals surface area contributed by atoms with Crippen molar-refractivity contribution in [3.63, 3.8) is 0 Å². The van der Waals surface area contributed by atoms with Crippen molar-refractivity contribution >= 4 is 17.9 Å². The summed E-state index contributed by atoms with van der Waals surface area (Å²) in [5.41, 5.74) is -0.376. The number of piperidine rings is 1. The lowest BCUT2D eigenvalue weighted by Gasteiger charge is -2.45. The molecule has 2 aromatic carbocycles. The number of halogens is 6. The Morgan fingerprint density at radius 2 is 1.97 bits per heavy atom. The maximum absolute atomic E-state index is 15.5. The molecule has 1 N–H and O–H groups in total. The molecule has 0 spiro atoms. The number of carbonyl (C=O) groups is 1. The van der Waals surface area contributed by atoms with Crippen LogP contribution in [0.5, 0.6) is 5.75 Å². The van der Waals surface area contributed by atoms with Gasteiger partial charge in [0.2, 0.25) is 5.91 Å². The monoisotopic (exact) mass is 490 g/mol. The van der Waals surface area contributed by atoms with Crippen LogP contribution in [0.25, 0.3) is 11.1 Å². The Hall–Kier alpha value is -2.40. The van der Waals surface area contributed by atoms with Gasteiger partial charge in [0.1, 0.15) is 23.7 Å². The van der Waals surface area contributed by atoms with Gasteiger partial charge in [0.15, 0.2) is 11.6 Å². The van der Waals surface area contributed by atoms with Gasteiger partial charge < -0.3 is 9.64 Å². The molecule has 2 unspecified atom stereocenters. The zero-order chi connectivity index (χ0) is 23.8. The Bertz CT molecular complexity index is 1050. The van der Waals surface area contributed by atoms with E-state index in [4.69, 9.17) is 4.74 Å². The molecular weight excluding hydrogens is 470 g/mol.